The maximum Gasteiger partial charge on any atom is 0.267 e. The molecular formula is C11H16ClNO3S. The van der Waals surface area contributed by atoms with Crippen LogP contribution in [0, 0.1) is 0 Å². The smallest absolute Gasteiger partial charge is 0.267 e. The van der Waals surface area contributed by atoms with Gasteiger partial charge in [0.25, 0.3) is 5.91 Å². The zero-order valence-electron chi connectivity index (χ0n) is 10.1. The Labute approximate surface area is 110 Å². The van der Waals surface area contributed by atoms with Gasteiger partial charge in [0.15, 0.2) is 0 Å². The first-order chi connectivity index (χ1) is 8.10. The minimum Gasteiger partial charge on any atom is -0.495 e. The van der Waals surface area contributed by atoms with Crippen LogP contribution in [0.4, 0.5) is 0 Å². The molecule has 0 aliphatic rings. The van der Waals surface area contributed by atoms with E-state index in [1.807, 2.05) is 5.38 Å². The summed E-state index contributed by atoms with van der Waals surface area (Å²) in [6, 6.07) is 1.78. The monoisotopic (exact) mass is 277 g/mol. The molecule has 1 atom stereocenters. The Hall–Kier alpha value is -0.780. The molecule has 1 heterocycles. The zero-order chi connectivity index (χ0) is 12.8. The lowest BCUT2D eigenvalue weighted by atomic mass is 10.3. The molecule has 96 valence electrons. The number of halogens is 1. The molecule has 0 spiro atoms. The van der Waals surface area contributed by atoms with Crippen molar-refractivity contribution in [2.75, 3.05) is 34.4 Å². The number of methoxy groups -OCH3 is 2. The fourth-order valence-electron chi connectivity index (χ4n) is 1.40. The number of alkyl halides is 1. The highest BCUT2D eigenvalue weighted by Gasteiger charge is 2.20. The van der Waals surface area contributed by atoms with E-state index in [0.29, 0.717) is 23.8 Å². The van der Waals surface area contributed by atoms with Crippen molar-refractivity contribution in [2.24, 2.45) is 0 Å². The lowest BCUT2D eigenvalue weighted by Crippen LogP contribution is -2.33. The topological polar surface area (TPSA) is 38.8 Å². The van der Waals surface area contributed by atoms with Gasteiger partial charge in [-0.25, -0.2) is 0 Å². The molecule has 1 aromatic rings. The van der Waals surface area contributed by atoms with E-state index in [1.165, 1.54) is 11.3 Å². The molecule has 0 bridgehead atoms. The van der Waals surface area contributed by atoms with Crippen LogP contribution >= 0.6 is 22.9 Å². The van der Waals surface area contributed by atoms with Crippen molar-refractivity contribution in [1.82, 2.24) is 4.90 Å². The van der Waals surface area contributed by atoms with Gasteiger partial charge >= 0.3 is 0 Å². The average Bonchev–Trinajstić information content (AvgIpc) is 2.76. The van der Waals surface area contributed by atoms with Crippen molar-refractivity contribution in [2.45, 2.75) is 5.38 Å². The van der Waals surface area contributed by atoms with Gasteiger partial charge in [-0.1, -0.05) is 0 Å². The molecule has 17 heavy (non-hydrogen) atoms. The van der Waals surface area contributed by atoms with Gasteiger partial charge in [0.2, 0.25) is 0 Å². The molecule has 0 fully saturated rings. The molecule has 0 aliphatic heterocycles. The Morgan fingerprint density at radius 2 is 2.29 bits per heavy atom. The first kappa shape index (κ1) is 14.3. The van der Waals surface area contributed by atoms with Crippen LogP contribution in [0.15, 0.2) is 11.4 Å². The number of rotatable bonds is 6. The molecule has 0 radical (unpaired) electrons. The number of carbonyl (C=O) groups excluding carboxylic acids is 1. The van der Waals surface area contributed by atoms with E-state index in [-0.39, 0.29) is 11.3 Å². The number of hydrogen-bond acceptors (Lipinski definition) is 4. The van der Waals surface area contributed by atoms with Crippen LogP contribution < -0.4 is 4.74 Å². The second-order valence-electron chi connectivity index (χ2n) is 3.56. The predicted octanol–water partition coefficient (Wildman–Crippen LogP) is 2.08. The van der Waals surface area contributed by atoms with Gasteiger partial charge in [0.05, 0.1) is 19.1 Å². The molecule has 1 unspecified atom stereocenters. The number of carbonyl (C=O) groups is 1. The highest BCUT2D eigenvalue weighted by Crippen LogP contribution is 2.25. The van der Waals surface area contributed by atoms with Crippen LogP contribution in [0.5, 0.6) is 5.75 Å². The first-order valence-corrected chi connectivity index (χ1v) is 6.41. The van der Waals surface area contributed by atoms with Gasteiger partial charge in [0, 0.05) is 20.7 Å². The van der Waals surface area contributed by atoms with E-state index in [9.17, 15) is 4.79 Å². The van der Waals surface area contributed by atoms with E-state index in [0.717, 1.165) is 0 Å². The number of amides is 1. The van der Waals surface area contributed by atoms with Crippen molar-refractivity contribution >= 4 is 28.8 Å². The average molecular weight is 278 g/mol. The summed E-state index contributed by atoms with van der Waals surface area (Å²) < 4.78 is 10.0. The number of hydrogen-bond donors (Lipinski definition) is 0. The molecule has 1 amide bonds. The summed E-state index contributed by atoms with van der Waals surface area (Å²) in [4.78, 5) is 14.3. The molecule has 0 N–H and O–H groups in total. The largest absolute Gasteiger partial charge is 0.495 e. The predicted molar refractivity (Wildman–Crippen MR) is 69.3 cm³/mol. The maximum absolute atomic E-state index is 12.1. The fourth-order valence-corrected chi connectivity index (χ4v) is 2.59. The maximum atomic E-state index is 12.1. The summed E-state index contributed by atoms with van der Waals surface area (Å²) in [5.41, 5.74) is 0. The van der Waals surface area contributed by atoms with Crippen molar-refractivity contribution in [1.29, 1.82) is 0 Å². The van der Waals surface area contributed by atoms with Crippen LogP contribution in [0.25, 0.3) is 0 Å². The zero-order valence-corrected chi connectivity index (χ0v) is 11.7. The Kier molecular flexibility index (Phi) is 5.74. The third-order valence-corrected chi connectivity index (χ3v) is 3.36. The summed E-state index contributed by atoms with van der Waals surface area (Å²) >= 11 is 7.37. The van der Waals surface area contributed by atoms with Gasteiger partial charge in [-0.3, -0.25) is 4.79 Å². The van der Waals surface area contributed by atoms with Crippen LogP contribution in [-0.2, 0) is 4.74 Å². The van der Waals surface area contributed by atoms with Crippen LogP contribution in [0.1, 0.15) is 9.67 Å². The third kappa shape index (κ3) is 3.87. The third-order valence-electron chi connectivity index (χ3n) is 2.21. The molecule has 0 aliphatic carbocycles. The minimum absolute atomic E-state index is 0.0846. The lowest BCUT2D eigenvalue weighted by Gasteiger charge is -2.19. The van der Waals surface area contributed by atoms with E-state index in [2.05, 4.69) is 0 Å². The Morgan fingerprint density at radius 1 is 1.59 bits per heavy atom. The van der Waals surface area contributed by atoms with Crippen LogP contribution in [0.3, 0.4) is 0 Å². The highest BCUT2D eigenvalue weighted by molar-refractivity contribution is 7.12. The molecule has 6 heteroatoms. The summed E-state index contributed by atoms with van der Waals surface area (Å²) in [6.07, 6.45) is 0. The number of nitrogens with zero attached hydrogens (tertiary/aromatic N) is 1. The molecule has 4 nitrogen and oxygen atoms in total. The summed E-state index contributed by atoms with van der Waals surface area (Å²) in [5.74, 6) is 0.517. The van der Waals surface area contributed by atoms with Gasteiger partial charge in [-0.15, -0.1) is 22.9 Å². The number of thiophene rings is 1. The quantitative estimate of drug-likeness (QED) is 0.748. The van der Waals surface area contributed by atoms with E-state index in [4.69, 9.17) is 21.1 Å². The Balaban J connectivity index is 2.63. The molecule has 1 aromatic heterocycles. The van der Waals surface area contributed by atoms with E-state index < -0.39 is 0 Å². The summed E-state index contributed by atoms with van der Waals surface area (Å²) in [7, 11) is 4.85. The molecule has 1 rings (SSSR count). The second-order valence-corrected chi connectivity index (χ2v) is 5.09. The van der Waals surface area contributed by atoms with Crippen molar-refractivity contribution in [3.8, 4) is 5.75 Å². The summed E-state index contributed by atoms with van der Waals surface area (Å²) in [6.45, 7) is 0.857. The molecular weight excluding hydrogens is 262 g/mol. The van der Waals surface area contributed by atoms with E-state index >= 15 is 0 Å². The minimum atomic E-state index is -0.208. The van der Waals surface area contributed by atoms with Gasteiger partial charge < -0.3 is 14.4 Å². The van der Waals surface area contributed by atoms with E-state index in [1.54, 1.807) is 32.2 Å². The molecule has 0 aromatic carbocycles. The van der Waals surface area contributed by atoms with Crippen molar-refractivity contribution in [3.63, 3.8) is 0 Å². The van der Waals surface area contributed by atoms with Gasteiger partial charge in [-0.05, 0) is 11.4 Å². The SMILES string of the molecule is COCC(Cl)CN(C)C(=O)c1sccc1OC. The Bertz CT molecular complexity index is 369. The molecule has 0 saturated carbocycles. The Morgan fingerprint density at radius 3 is 2.88 bits per heavy atom. The summed E-state index contributed by atoms with van der Waals surface area (Å²) in [5, 5.41) is 1.62. The first-order valence-electron chi connectivity index (χ1n) is 5.10. The fraction of sp³-hybridized carbons (Fsp3) is 0.545. The standard InChI is InChI=1S/C11H16ClNO3S/c1-13(6-8(12)7-15-2)11(14)10-9(16-3)4-5-17-10/h4-5,8H,6-7H2,1-3H3. The number of ether oxygens (including phenoxy) is 2. The van der Waals surface area contributed by atoms with Gasteiger partial charge in [-0.2, -0.15) is 0 Å². The van der Waals surface area contributed by atoms with Crippen LogP contribution in [-0.4, -0.2) is 50.6 Å². The molecule has 0 saturated heterocycles. The van der Waals surface area contributed by atoms with Gasteiger partial charge in [0.1, 0.15) is 10.6 Å². The highest BCUT2D eigenvalue weighted by atomic mass is 35.5. The van der Waals surface area contributed by atoms with Crippen LogP contribution in [0.2, 0.25) is 0 Å². The lowest BCUT2D eigenvalue weighted by molar-refractivity contribution is 0.0783. The second kappa shape index (κ2) is 6.83. The normalized spacial score (nSPS) is 12.2. The van der Waals surface area contributed by atoms with Crippen molar-refractivity contribution < 1.29 is 14.3 Å². The van der Waals surface area contributed by atoms with Crippen molar-refractivity contribution in [3.05, 3.63) is 16.3 Å².